The van der Waals surface area contributed by atoms with E-state index in [1.54, 1.807) is 18.4 Å². The lowest BCUT2D eigenvalue weighted by Crippen LogP contribution is -2.30. The van der Waals surface area contributed by atoms with Crippen molar-refractivity contribution < 1.29 is 8.42 Å². The van der Waals surface area contributed by atoms with Crippen LogP contribution in [0.15, 0.2) is 15.2 Å². The third kappa shape index (κ3) is 5.36. The Bertz CT molecular complexity index is 459. The van der Waals surface area contributed by atoms with Crippen molar-refractivity contribution in [3.63, 3.8) is 0 Å². The van der Waals surface area contributed by atoms with E-state index in [-0.39, 0.29) is 5.75 Å². The zero-order valence-electron chi connectivity index (χ0n) is 10.6. The van der Waals surface area contributed by atoms with Crippen molar-refractivity contribution >= 4 is 37.3 Å². The minimum absolute atomic E-state index is 0.196. The topological polar surface area (TPSA) is 49.4 Å². The summed E-state index contributed by atoms with van der Waals surface area (Å²) in [5, 5.41) is 5.09. The van der Waals surface area contributed by atoms with E-state index in [2.05, 4.69) is 21.2 Å². The van der Waals surface area contributed by atoms with Crippen molar-refractivity contribution in [3.05, 3.63) is 20.8 Å². The van der Waals surface area contributed by atoms with Crippen LogP contribution in [-0.2, 0) is 16.6 Å². The summed E-state index contributed by atoms with van der Waals surface area (Å²) in [7, 11) is -1.51. The second-order valence-corrected chi connectivity index (χ2v) is 8.52. The first-order chi connectivity index (χ1) is 8.45. The quantitative estimate of drug-likeness (QED) is 0.728. The summed E-state index contributed by atoms with van der Waals surface area (Å²) in [6.45, 7) is 4.06. The normalized spacial score (nSPS) is 12.2. The van der Waals surface area contributed by atoms with Crippen molar-refractivity contribution in [2.75, 3.05) is 25.9 Å². The molecule has 4 nitrogen and oxygen atoms in total. The van der Waals surface area contributed by atoms with Crippen molar-refractivity contribution in [2.24, 2.45) is 0 Å². The fourth-order valence-corrected chi connectivity index (χ4v) is 3.86. The number of nitrogens with zero attached hydrogens (tertiary/aromatic N) is 1. The van der Waals surface area contributed by atoms with Gasteiger partial charge in [0.05, 0.1) is 9.54 Å². The number of nitrogens with one attached hydrogen (secondary N) is 1. The highest BCUT2D eigenvalue weighted by Gasteiger charge is 2.17. The monoisotopic (exact) mass is 354 g/mol. The third-order valence-electron chi connectivity index (χ3n) is 2.51. The Kier molecular flexibility index (Phi) is 6.79. The van der Waals surface area contributed by atoms with Gasteiger partial charge in [0.1, 0.15) is 0 Å². The lowest BCUT2D eigenvalue weighted by molar-refractivity contribution is 0.465. The Balaban J connectivity index is 2.46. The van der Waals surface area contributed by atoms with Crippen LogP contribution in [-0.4, -0.2) is 38.6 Å². The Morgan fingerprint density at radius 3 is 2.78 bits per heavy atom. The van der Waals surface area contributed by atoms with Gasteiger partial charge in [-0.2, -0.15) is 0 Å². The fraction of sp³-hybridized carbons (Fsp3) is 0.636. The van der Waals surface area contributed by atoms with Gasteiger partial charge >= 0.3 is 0 Å². The van der Waals surface area contributed by atoms with Crippen molar-refractivity contribution in [3.8, 4) is 0 Å². The van der Waals surface area contributed by atoms with Crippen LogP contribution in [0.2, 0.25) is 0 Å². The molecule has 0 radical (unpaired) electrons. The average Bonchev–Trinajstić information content (AvgIpc) is 2.70. The van der Waals surface area contributed by atoms with E-state index in [9.17, 15) is 8.42 Å². The molecule has 0 aliphatic rings. The number of thiophene rings is 1. The molecule has 0 unspecified atom stereocenters. The molecule has 1 aromatic rings. The van der Waals surface area contributed by atoms with Crippen LogP contribution in [0.5, 0.6) is 0 Å². The van der Waals surface area contributed by atoms with Crippen LogP contribution >= 0.6 is 27.3 Å². The molecule has 7 heteroatoms. The second kappa shape index (κ2) is 7.59. The number of hydrogen-bond donors (Lipinski definition) is 1. The molecule has 18 heavy (non-hydrogen) atoms. The molecule has 0 saturated carbocycles. The minimum atomic E-state index is -3.15. The van der Waals surface area contributed by atoms with Gasteiger partial charge in [0.2, 0.25) is 10.0 Å². The molecule has 0 amide bonds. The molecule has 0 atom stereocenters. The maximum atomic E-state index is 12.0. The van der Waals surface area contributed by atoms with E-state index in [0.717, 1.165) is 22.4 Å². The van der Waals surface area contributed by atoms with Crippen LogP contribution in [0.4, 0.5) is 0 Å². The van der Waals surface area contributed by atoms with Gasteiger partial charge in [-0.15, -0.1) is 11.3 Å². The van der Waals surface area contributed by atoms with Crippen molar-refractivity contribution in [1.82, 2.24) is 9.62 Å². The third-order valence-corrected chi connectivity index (χ3v) is 5.94. The first-order valence-corrected chi connectivity index (χ1v) is 9.11. The van der Waals surface area contributed by atoms with E-state index < -0.39 is 10.0 Å². The standard InChI is InChI=1S/C11H19BrN2O2S2/c1-3-13-5-4-6-18(15,16)14(2)8-10-7-11(12)17-9-10/h7,9,13H,3-6,8H2,1-2H3. The van der Waals surface area contributed by atoms with Crippen LogP contribution < -0.4 is 5.32 Å². The lowest BCUT2D eigenvalue weighted by atomic mass is 10.3. The summed E-state index contributed by atoms with van der Waals surface area (Å²) >= 11 is 4.94. The number of rotatable bonds is 8. The van der Waals surface area contributed by atoms with E-state index in [1.165, 1.54) is 4.31 Å². The first-order valence-electron chi connectivity index (χ1n) is 5.83. The summed E-state index contributed by atoms with van der Waals surface area (Å²) < 4.78 is 26.4. The SMILES string of the molecule is CCNCCCS(=O)(=O)N(C)Cc1csc(Br)c1. The smallest absolute Gasteiger partial charge is 0.214 e. The molecule has 0 saturated heterocycles. The highest BCUT2D eigenvalue weighted by atomic mass is 79.9. The summed E-state index contributed by atoms with van der Waals surface area (Å²) in [5.41, 5.74) is 1.02. The summed E-state index contributed by atoms with van der Waals surface area (Å²) in [6, 6.07) is 1.95. The molecule has 0 aliphatic heterocycles. The molecule has 1 aromatic heterocycles. The minimum Gasteiger partial charge on any atom is -0.317 e. The lowest BCUT2D eigenvalue weighted by Gasteiger charge is -2.16. The van der Waals surface area contributed by atoms with Gasteiger partial charge in [0, 0.05) is 13.6 Å². The van der Waals surface area contributed by atoms with Crippen LogP contribution in [0, 0.1) is 0 Å². The average molecular weight is 355 g/mol. The van der Waals surface area contributed by atoms with E-state index >= 15 is 0 Å². The Hall–Kier alpha value is 0.0500. The molecule has 0 aromatic carbocycles. The molecule has 1 rings (SSSR count). The van der Waals surface area contributed by atoms with Gasteiger partial charge in [-0.05, 0) is 52.5 Å². The fourth-order valence-electron chi connectivity index (χ4n) is 1.50. The summed E-state index contributed by atoms with van der Waals surface area (Å²) in [5.74, 6) is 0.196. The largest absolute Gasteiger partial charge is 0.317 e. The van der Waals surface area contributed by atoms with Crippen LogP contribution in [0.25, 0.3) is 0 Å². The Morgan fingerprint density at radius 2 is 2.22 bits per heavy atom. The number of sulfonamides is 1. The van der Waals surface area contributed by atoms with Gasteiger partial charge < -0.3 is 5.32 Å². The molecule has 104 valence electrons. The maximum Gasteiger partial charge on any atom is 0.214 e. The number of halogens is 1. The maximum absolute atomic E-state index is 12.0. The molecule has 0 aliphatic carbocycles. The van der Waals surface area contributed by atoms with Gasteiger partial charge in [-0.25, -0.2) is 12.7 Å². The molecule has 0 spiro atoms. The molecule has 1 heterocycles. The van der Waals surface area contributed by atoms with Gasteiger partial charge in [0.25, 0.3) is 0 Å². The Morgan fingerprint density at radius 1 is 1.50 bits per heavy atom. The van der Waals surface area contributed by atoms with E-state index in [1.807, 2.05) is 18.4 Å². The summed E-state index contributed by atoms with van der Waals surface area (Å²) in [6.07, 6.45) is 0.647. The van der Waals surface area contributed by atoms with Gasteiger partial charge in [0.15, 0.2) is 0 Å². The van der Waals surface area contributed by atoms with E-state index in [4.69, 9.17) is 0 Å². The highest BCUT2D eigenvalue weighted by Crippen LogP contribution is 2.22. The summed E-state index contributed by atoms with van der Waals surface area (Å²) in [4.78, 5) is 0. The van der Waals surface area contributed by atoms with Gasteiger partial charge in [-0.1, -0.05) is 6.92 Å². The highest BCUT2D eigenvalue weighted by molar-refractivity contribution is 9.11. The molecular weight excluding hydrogens is 336 g/mol. The second-order valence-electron chi connectivity index (χ2n) is 4.04. The number of hydrogen-bond acceptors (Lipinski definition) is 4. The van der Waals surface area contributed by atoms with Gasteiger partial charge in [-0.3, -0.25) is 0 Å². The predicted octanol–water partition coefficient (Wildman–Crippen LogP) is 2.27. The molecule has 1 N–H and O–H groups in total. The zero-order chi connectivity index (χ0) is 13.6. The molecule has 0 bridgehead atoms. The van der Waals surface area contributed by atoms with Crippen molar-refractivity contribution in [2.45, 2.75) is 19.9 Å². The van der Waals surface area contributed by atoms with Crippen LogP contribution in [0.1, 0.15) is 18.9 Å². The predicted molar refractivity (Wildman–Crippen MR) is 80.4 cm³/mol. The van der Waals surface area contributed by atoms with Crippen LogP contribution in [0.3, 0.4) is 0 Å². The zero-order valence-corrected chi connectivity index (χ0v) is 13.9. The van der Waals surface area contributed by atoms with Crippen molar-refractivity contribution in [1.29, 1.82) is 0 Å². The van der Waals surface area contributed by atoms with E-state index in [0.29, 0.717) is 13.0 Å². The molecular formula is C11H19BrN2O2S2. The Labute approximate surface area is 122 Å². The molecule has 0 fully saturated rings. The first kappa shape index (κ1) is 16.1.